The number of nitrogens with zero attached hydrogens (tertiary/aromatic N) is 2. The Labute approximate surface area is 177 Å². The molecule has 0 saturated carbocycles. The largest absolute Gasteiger partial charge is 0.478 e. The van der Waals surface area contributed by atoms with Crippen molar-refractivity contribution >= 4 is 56.3 Å². The second kappa shape index (κ2) is 8.77. The lowest BCUT2D eigenvalue weighted by atomic mass is 10.2. The lowest BCUT2D eigenvalue weighted by Crippen LogP contribution is -2.16. The fourth-order valence-electron chi connectivity index (χ4n) is 2.38. The third-order valence-corrected chi connectivity index (χ3v) is 4.50. The van der Waals surface area contributed by atoms with E-state index < -0.39 is 10.8 Å². The quantitative estimate of drug-likeness (QED) is 0.243. The van der Waals surface area contributed by atoms with Gasteiger partial charge < -0.3 is 9.15 Å². The van der Waals surface area contributed by atoms with Gasteiger partial charge in [-0.1, -0.05) is 17.5 Å². The van der Waals surface area contributed by atoms with Crippen LogP contribution in [0.15, 0.2) is 50.4 Å². The van der Waals surface area contributed by atoms with Crippen LogP contribution in [0.1, 0.15) is 16.1 Å². The second-order valence-electron chi connectivity index (χ2n) is 5.60. The molecule has 0 saturated heterocycles. The number of benzene rings is 2. The van der Waals surface area contributed by atoms with Crippen molar-refractivity contribution in [2.24, 2.45) is 5.10 Å². The number of non-ortho nitro benzene ring substituents is 1. The van der Waals surface area contributed by atoms with Crippen LogP contribution >= 0.6 is 27.5 Å². The summed E-state index contributed by atoms with van der Waals surface area (Å²) in [5.74, 6) is 2.11. The SMILES string of the molecule is C#CCOc1c(Cl)cc(/C=N/NC(=O)c2cc3cc([N+](=O)[O-])ccc3o2)cc1Br. The summed E-state index contributed by atoms with van der Waals surface area (Å²) in [4.78, 5) is 22.5. The van der Waals surface area contributed by atoms with Crippen LogP contribution in [0.2, 0.25) is 5.02 Å². The van der Waals surface area contributed by atoms with E-state index in [0.717, 1.165) is 0 Å². The van der Waals surface area contributed by atoms with Crippen LogP contribution in [-0.2, 0) is 0 Å². The summed E-state index contributed by atoms with van der Waals surface area (Å²) >= 11 is 9.48. The molecule has 146 valence electrons. The lowest BCUT2D eigenvalue weighted by molar-refractivity contribution is -0.384. The Kier molecular flexibility index (Phi) is 6.16. The summed E-state index contributed by atoms with van der Waals surface area (Å²) in [5.41, 5.74) is 3.17. The smallest absolute Gasteiger partial charge is 0.307 e. The molecule has 0 aliphatic heterocycles. The standard InChI is InChI=1S/C19H11BrClN3O5/c1-2-5-28-18-14(20)6-11(7-15(18)21)10-22-23-19(25)17-9-12-8-13(24(26)27)3-4-16(12)29-17/h1,3-4,6-10H,5H2,(H,23,25)/b22-10+. The molecule has 1 aromatic heterocycles. The average molecular weight is 477 g/mol. The molecule has 8 nitrogen and oxygen atoms in total. The molecule has 3 aromatic rings. The number of nitrogens with one attached hydrogen (secondary N) is 1. The fourth-order valence-corrected chi connectivity index (χ4v) is 3.37. The highest BCUT2D eigenvalue weighted by molar-refractivity contribution is 9.10. The Morgan fingerprint density at radius 3 is 2.90 bits per heavy atom. The molecule has 0 fully saturated rings. The van der Waals surface area contributed by atoms with Crippen molar-refractivity contribution in [2.75, 3.05) is 6.61 Å². The van der Waals surface area contributed by atoms with Crippen molar-refractivity contribution in [1.29, 1.82) is 0 Å². The predicted molar refractivity (Wildman–Crippen MR) is 111 cm³/mol. The van der Waals surface area contributed by atoms with Gasteiger partial charge in [-0.25, -0.2) is 5.43 Å². The number of amides is 1. The molecule has 0 atom stereocenters. The molecule has 2 aromatic carbocycles. The Balaban J connectivity index is 1.72. The van der Waals surface area contributed by atoms with Gasteiger partial charge in [-0.15, -0.1) is 6.42 Å². The van der Waals surface area contributed by atoms with Crippen LogP contribution in [0.4, 0.5) is 5.69 Å². The summed E-state index contributed by atoms with van der Waals surface area (Å²) in [7, 11) is 0. The lowest BCUT2D eigenvalue weighted by Gasteiger charge is -2.08. The van der Waals surface area contributed by atoms with Gasteiger partial charge in [-0.2, -0.15) is 5.10 Å². The highest BCUT2D eigenvalue weighted by atomic mass is 79.9. The van der Waals surface area contributed by atoms with Gasteiger partial charge in [0.15, 0.2) is 11.5 Å². The van der Waals surface area contributed by atoms with Crippen molar-refractivity contribution in [2.45, 2.75) is 0 Å². The van der Waals surface area contributed by atoms with Gasteiger partial charge in [0.25, 0.3) is 5.69 Å². The average Bonchev–Trinajstić information content (AvgIpc) is 3.10. The molecule has 10 heteroatoms. The van der Waals surface area contributed by atoms with Crippen molar-refractivity contribution < 1.29 is 18.9 Å². The molecule has 3 rings (SSSR count). The number of carbonyl (C=O) groups excluding carboxylic acids is 1. The molecule has 0 aliphatic carbocycles. The maximum Gasteiger partial charge on any atom is 0.307 e. The van der Waals surface area contributed by atoms with E-state index in [1.807, 2.05) is 0 Å². The summed E-state index contributed by atoms with van der Waals surface area (Å²) in [6.07, 6.45) is 6.54. The van der Waals surface area contributed by atoms with Crippen molar-refractivity contribution in [3.05, 3.63) is 67.3 Å². The van der Waals surface area contributed by atoms with Crippen LogP contribution < -0.4 is 10.2 Å². The summed E-state index contributed by atoms with van der Waals surface area (Å²) < 4.78 is 11.3. The number of ether oxygens (including phenoxy) is 1. The highest BCUT2D eigenvalue weighted by Crippen LogP contribution is 2.34. The maximum absolute atomic E-state index is 12.2. The van der Waals surface area contributed by atoms with Crippen LogP contribution in [0, 0.1) is 22.5 Å². The van der Waals surface area contributed by atoms with Crippen LogP contribution in [0.5, 0.6) is 5.75 Å². The van der Waals surface area contributed by atoms with Gasteiger partial charge in [-0.3, -0.25) is 14.9 Å². The molecular formula is C19H11BrClN3O5. The van der Waals surface area contributed by atoms with Crippen LogP contribution in [-0.4, -0.2) is 23.7 Å². The molecule has 1 heterocycles. The molecule has 1 amide bonds. The minimum Gasteiger partial charge on any atom is -0.478 e. The number of fused-ring (bicyclic) bond motifs is 1. The van der Waals surface area contributed by atoms with E-state index in [1.54, 1.807) is 12.1 Å². The Hall–Kier alpha value is -3.35. The van der Waals surface area contributed by atoms with Gasteiger partial charge in [0.05, 0.1) is 20.6 Å². The van der Waals surface area contributed by atoms with E-state index in [9.17, 15) is 14.9 Å². The number of hydrazone groups is 1. The Morgan fingerprint density at radius 2 is 2.21 bits per heavy atom. The topological polar surface area (TPSA) is 107 Å². The number of carbonyl (C=O) groups is 1. The van der Waals surface area contributed by atoms with Gasteiger partial charge in [-0.05, 0) is 45.8 Å². The monoisotopic (exact) mass is 475 g/mol. The molecule has 0 unspecified atom stereocenters. The predicted octanol–water partition coefficient (Wildman–Crippen LogP) is 4.53. The highest BCUT2D eigenvalue weighted by Gasteiger charge is 2.14. The van der Waals surface area contributed by atoms with Crippen molar-refractivity contribution in [3.8, 4) is 18.1 Å². The van der Waals surface area contributed by atoms with Crippen molar-refractivity contribution in [3.63, 3.8) is 0 Å². The first-order valence-electron chi connectivity index (χ1n) is 7.95. The van der Waals surface area contributed by atoms with E-state index in [-0.39, 0.29) is 18.1 Å². The zero-order valence-corrected chi connectivity index (χ0v) is 16.9. The van der Waals surface area contributed by atoms with Gasteiger partial charge in [0.1, 0.15) is 12.2 Å². The normalized spacial score (nSPS) is 10.8. The van der Waals surface area contributed by atoms with Gasteiger partial charge in [0.2, 0.25) is 0 Å². The number of rotatable bonds is 6. The number of halogens is 2. The number of furan rings is 1. The minimum absolute atomic E-state index is 0.0325. The summed E-state index contributed by atoms with van der Waals surface area (Å²) in [6, 6.07) is 8.73. The number of nitro benzene ring substituents is 1. The molecule has 29 heavy (non-hydrogen) atoms. The number of nitro groups is 1. The third kappa shape index (κ3) is 4.74. The third-order valence-electron chi connectivity index (χ3n) is 3.63. The number of hydrogen-bond donors (Lipinski definition) is 1. The molecular weight excluding hydrogens is 466 g/mol. The number of hydrogen-bond acceptors (Lipinski definition) is 6. The van der Waals surface area contributed by atoms with Crippen LogP contribution in [0.25, 0.3) is 11.0 Å². The summed E-state index contributed by atoms with van der Waals surface area (Å²) in [5, 5.41) is 15.4. The summed E-state index contributed by atoms with van der Waals surface area (Å²) in [6.45, 7) is 0.0719. The van der Waals surface area contributed by atoms with Crippen molar-refractivity contribution in [1.82, 2.24) is 5.43 Å². The Bertz CT molecular complexity index is 1160. The molecule has 0 bridgehead atoms. The van der Waals surface area contributed by atoms with E-state index in [0.29, 0.717) is 31.8 Å². The molecule has 0 spiro atoms. The van der Waals surface area contributed by atoms with Gasteiger partial charge >= 0.3 is 5.91 Å². The van der Waals surface area contributed by atoms with E-state index in [1.165, 1.54) is 30.5 Å². The molecule has 0 radical (unpaired) electrons. The van der Waals surface area contributed by atoms with E-state index >= 15 is 0 Å². The first-order chi connectivity index (χ1) is 13.9. The van der Waals surface area contributed by atoms with E-state index in [4.69, 9.17) is 27.2 Å². The maximum atomic E-state index is 12.2. The zero-order chi connectivity index (χ0) is 21.0. The fraction of sp³-hybridized carbons (Fsp3) is 0.0526. The molecule has 1 N–H and O–H groups in total. The van der Waals surface area contributed by atoms with E-state index in [2.05, 4.69) is 32.4 Å². The molecule has 0 aliphatic rings. The Morgan fingerprint density at radius 1 is 1.41 bits per heavy atom. The first-order valence-corrected chi connectivity index (χ1v) is 9.13. The number of terminal acetylenes is 1. The minimum atomic E-state index is -0.612. The zero-order valence-electron chi connectivity index (χ0n) is 14.5. The van der Waals surface area contributed by atoms with Crippen LogP contribution in [0.3, 0.4) is 0 Å². The second-order valence-corrected chi connectivity index (χ2v) is 6.86. The van der Waals surface area contributed by atoms with Gasteiger partial charge in [0, 0.05) is 17.5 Å². The first kappa shape index (κ1) is 20.4.